The molecule has 6 atom stereocenters. The number of aliphatic hydroxyl groups is 1. The van der Waals surface area contributed by atoms with E-state index in [4.69, 9.17) is 30.1 Å². The van der Waals surface area contributed by atoms with Gasteiger partial charge in [0, 0.05) is 12.3 Å². The summed E-state index contributed by atoms with van der Waals surface area (Å²) in [6.07, 6.45) is -2.56. The van der Waals surface area contributed by atoms with Crippen LogP contribution in [0.4, 0.5) is 0 Å². The number of esters is 1. The number of para-hydroxylation sites is 1. The minimum Gasteiger partial charge on any atom is -0.460 e. The number of halogens is 1. The van der Waals surface area contributed by atoms with Gasteiger partial charge in [-0.2, -0.15) is 5.09 Å². The highest BCUT2D eigenvalue weighted by Gasteiger charge is 2.54. The van der Waals surface area contributed by atoms with E-state index in [9.17, 15) is 24.1 Å². The van der Waals surface area contributed by atoms with Crippen LogP contribution in [0.1, 0.15) is 25.6 Å². The number of hydrogen-bond acceptors (Lipinski definition) is 9. The van der Waals surface area contributed by atoms with E-state index in [2.05, 4.69) is 10.1 Å². The molecule has 1 aromatic heterocycles. The number of alkyl halides is 1. The molecule has 0 spiro atoms. The highest BCUT2D eigenvalue weighted by Crippen LogP contribution is 2.48. The van der Waals surface area contributed by atoms with E-state index >= 15 is 0 Å². The summed E-state index contributed by atoms with van der Waals surface area (Å²) in [5.41, 5.74) is -0.631. The number of hydrogen-bond donors (Lipinski definition) is 3. The van der Waals surface area contributed by atoms with E-state index in [0.29, 0.717) is 0 Å². The molecule has 2 heterocycles. The van der Waals surface area contributed by atoms with Crippen LogP contribution in [0.5, 0.6) is 5.75 Å². The van der Waals surface area contributed by atoms with Crippen molar-refractivity contribution in [1.29, 1.82) is 0 Å². The summed E-state index contributed by atoms with van der Waals surface area (Å²) in [7, 11) is -4.28. The Morgan fingerprint density at radius 3 is 2.48 bits per heavy atom. The van der Waals surface area contributed by atoms with E-state index < -0.39 is 60.9 Å². The van der Waals surface area contributed by atoms with E-state index in [1.54, 1.807) is 42.5 Å². The first-order chi connectivity index (χ1) is 19.0. The number of H-pyrrole nitrogens is 1. The minimum absolute atomic E-state index is 0.0122. The van der Waals surface area contributed by atoms with E-state index in [1.165, 1.54) is 20.0 Å². The van der Waals surface area contributed by atoms with Gasteiger partial charge in [0.1, 0.15) is 35.5 Å². The summed E-state index contributed by atoms with van der Waals surface area (Å²) in [6, 6.07) is 17.2. The number of benzene rings is 2. The number of ether oxygens (including phenoxy) is 2. The minimum atomic E-state index is -4.28. The molecule has 2 aromatic carbocycles. The van der Waals surface area contributed by atoms with Crippen molar-refractivity contribution in [3.63, 3.8) is 0 Å². The van der Waals surface area contributed by atoms with Gasteiger partial charge in [-0.25, -0.2) is 9.36 Å². The SMILES string of the molecule is C[C@H](NP(=O)(OC[C@H]1O[C@@H](n2ccc(=O)[nH]c2=O)[C@](C)(Cl)[C@@H]1O)Oc1ccccc1)C(=O)OCc1ccccc1. The molecular formula is C26H29ClN3O9P. The predicted molar refractivity (Wildman–Crippen MR) is 145 cm³/mol. The third kappa shape index (κ3) is 7.08. The maximum Gasteiger partial charge on any atom is 0.459 e. The van der Waals surface area contributed by atoms with Crippen molar-refractivity contribution in [2.75, 3.05) is 6.61 Å². The van der Waals surface area contributed by atoms with Crippen LogP contribution in [0.25, 0.3) is 0 Å². The summed E-state index contributed by atoms with van der Waals surface area (Å²) in [5, 5.41) is 13.4. The van der Waals surface area contributed by atoms with Gasteiger partial charge < -0.3 is 19.1 Å². The molecule has 0 amide bonds. The number of rotatable bonds is 11. The smallest absolute Gasteiger partial charge is 0.459 e. The van der Waals surface area contributed by atoms with Gasteiger partial charge in [-0.3, -0.25) is 23.7 Å². The lowest BCUT2D eigenvalue weighted by atomic mass is 10.0. The van der Waals surface area contributed by atoms with Crippen molar-refractivity contribution in [1.82, 2.24) is 14.6 Å². The highest BCUT2D eigenvalue weighted by atomic mass is 35.5. The van der Waals surface area contributed by atoms with Gasteiger partial charge in [0.25, 0.3) is 5.56 Å². The average Bonchev–Trinajstić information content (AvgIpc) is 3.15. The van der Waals surface area contributed by atoms with Gasteiger partial charge in [0.2, 0.25) is 0 Å². The molecule has 0 bridgehead atoms. The Morgan fingerprint density at radius 1 is 1.18 bits per heavy atom. The Bertz CT molecular complexity index is 1470. The summed E-state index contributed by atoms with van der Waals surface area (Å²) in [5.74, 6) is -0.511. The summed E-state index contributed by atoms with van der Waals surface area (Å²) >= 11 is 6.56. The van der Waals surface area contributed by atoms with E-state index in [-0.39, 0.29) is 12.4 Å². The summed E-state index contributed by atoms with van der Waals surface area (Å²) < 4.78 is 37.2. The highest BCUT2D eigenvalue weighted by molar-refractivity contribution is 7.52. The fourth-order valence-electron chi connectivity index (χ4n) is 3.99. The number of carbonyl (C=O) groups excluding carboxylic acids is 1. The van der Waals surface area contributed by atoms with Crippen molar-refractivity contribution in [3.8, 4) is 5.75 Å². The Balaban J connectivity index is 1.48. The maximum atomic E-state index is 13.8. The lowest BCUT2D eigenvalue weighted by Crippen LogP contribution is -2.43. The third-order valence-electron chi connectivity index (χ3n) is 6.13. The second-order valence-electron chi connectivity index (χ2n) is 9.28. The number of nitrogens with one attached hydrogen (secondary N) is 2. The largest absolute Gasteiger partial charge is 0.460 e. The predicted octanol–water partition coefficient (Wildman–Crippen LogP) is 2.72. The van der Waals surface area contributed by atoms with Crippen LogP contribution in [0.15, 0.2) is 82.5 Å². The fourth-order valence-corrected chi connectivity index (χ4v) is 5.79. The summed E-state index contributed by atoms with van der Waals surface area (Å²) in [4.78, 5) is 37.0. The van der Waals surface area contributed by atoms with Gasteiger partial charge in [-0.1, -0.05) is 48.5 Å². The Morgan fingerprint density at radius 2 is 1.82 bits per heavy atom. The third-order valence-corrected chi connectivity index (χ3v) is 8.18. The monoisotopic (exact) mass is 593 g/mol. The first-order valence-corrected chi connectivity index (χ1v) is 14.2. The molecule has 3 N–H and O–H groups in total. The van der Waals surface area contributed by atoms with E-state index in [1.807, 2.05) is 18.2 Å². The van der Waals surface area contributed by atoms with Crippen molar-refractivity contribution >= 4 is 25.3 Å². The first-order valence-electron chi connectivity index (χ1n) is 12.3. The zero-order valence-electron chi connectivity index (χ0n) is 21.6. The number of carbonyl (C=O) groups is 1. The molecule has 214 valence electrons. The number of aromatic amines is 1. The van der Waals surface area contributed by atoms with Crippen LogP contribution < -0.4 is 20.9 Å². The van der Waals surface area contributed by atoms with Gasteiger partial charge in [0.15, 0.2) is 6.23 Å². The Kier molecular flexibility index (Phi) is 9.29. The molecule has 40 heavy (non-hydrogen) atoms. The second kappa shape index (κ2) is 12.5. The van der Waals surface area contributed by atoms with Gasteiger partial charge in [-0.15, -0.1) is 11.6 Å². The number of nitrogens with zero attached hydrogens (tertiary/aromatic N) is 1. The number of aliphatic hydroxyl groups excluding tert-OH is 1. The average molecular weight is 594 g/mol. The molecule has 0 radical (unpaired) electrons. The van der Waals surface area contributed by atoms with Crippen LogP contribution in [0, 0.1) is 0 Å². The van der Waals surface area contributed by atoms with Crippen molar-refractivity contribution in [3.05, 3.63) is 99.3 Å². The molecule has 1 aliphatic heterocycles. The normalized spacial score (nSPS) is 24.6. The van der Waals surface area contributed by atoms with E-state index in [0.717, 1.165) is 16.2 Å². The molecule has 4 rings (SSSR count). The topological polar surface area (TPSA) is 158 Å². The molecule has 1 fully saturated rings. The molecule has 1 unspecified atom stereocenters. The zero-order chi connectivity index (χ0) is 28.9. The molecule has 1 aliphatic rings. The van der Waals surface area contributed by atoms with Gasteiger partial charge in [-0.05, 0) is 31.5 Å². The van der Waals surface area contributed by atoms with Crippen LogP contribution in [-0.2, 0) is 30.0 Å². The van der Waals surface area contributed by atoms with Crippen molar-refractivity contribution < 1.29 is 33.0 Å². The quantitative estimate of drug-likeness (QED) is 0.171. The summed E-state index contributed by atoms with van der Waals surface area (Å²) in [6.45, 7) is 2.40. The first kappa shape index (κ1) is 29.7. The van der Waals surface area contributed by atoms with Crippen LogP contribution in [-0.4, -0.2) is 50.4 Å². The van der Waals surface area contributed by atoms with Gasteiger partial charge >= 0.3 is 19.4 Å². The molecular weight excluding hydrogens is 565 g/mol. The molecule has 0 saturated carbocycles. The number of aromatic nitrogens is 2. The van der Waals surface area contributed by atoms with Crippen LogP contribution in [0.3, 0.4) is 0 Å². The van der Waals surface area contributed by atoms with Crippen molar-refractivity contribution in [2.45, 2.75) is 49.8 Å². The standard InChI is InChI=1S/C26H29ClN3O9P/c1-17(23(33)36-15-18-9-5-3-6-10-18)29-40(35,39-19-11-7-4-8-12-19)37-16-20-22(32)26(2,27)24(38-20)30-14-13-21(31)28-25(30)34/h3-14,17,20,22,24,32H,15-16H2,1-2H3,(H,29,35)(H,28,31,34)/t17-,20+,22+,24+,26+,40?/m0/s1. The van der Waals surface area contributed by atoms with Crippen LogP contribution >= 0.6 is 19.3 Å². The Hall–Kier alpha value is -3.25. The van der Waals surface area contributed by atoms with Crippen LogP contribution in [0.2, 0.25) is 0 Å². The molecule has 0 aliphatic carbocycles. The Labute approximate surface area is 234 Å². The van der Waals surface area contributed by atoms with Crippen molar-refractivity contribution in [2.24, 2.45) is 0 Å². The molecule has 14 heteroatoms. The molecule has 1 saturated heterocycles. The fraction of sp³-hybridized carbons (Fsp3) is 0.346. The lowest BCUT2D eigenvalue weighted by molar-refractivity contribution is -0.146. The lowest BCUT2D eigenvalue weighted by Gasteiger charge is -2.26. The maximum absolute atomic E-state index is 13.8. The zero-order valence-corrected chi connectivity index (χ0v) is 23.3. The second-order valence-corrected chi connectivity index (χ2v) is 11.8. The molecule has 12 nitrogen and oxygen atoms in total. The molecule has 3 aromatic rings. The van der Waals surface area contributed by atoms with Gasteiger partial charge in [0.05, 0.1) is 6.61 Å².